The maximum Gasteiger partial charge on any atom is 0.116 e. The second-order valence-electron chi connectivity index (χ2n) is 3.20. The molecule has 0 fully saturated rings. The van der Waals surface area contributed by atoms with Crippen molar-refractivity contribution >= 4 is 11.8 Å². The molecule has 0 aromatic heterocycles. The lowest BCUT2D eigenvalue weighted by molar-refractivity contribution is 0.474. The molecule has 66 valence electrons. The van der Waals surface area contributed by atoms with E-state index in [-0.39, 0.29) is 0 Å². The molecule has 0 saturated carbocycles. The van der Waals surface area contributed by atoms with Crippen LogP contribution >= 0.6 is 11.8 Å². The van der Waals surface area contributed by atoms with Crippen molar-refractivity contribution in [2.45, 2.75) is 18.7 Å². The van der Waals surface area contributed by atoms with Gasteiger partial charge in [0.2, 0.25) is 0 Å². The fourth-order valence-electron chi connectivity index (χ4n) is 0.836. The van der Waals surface area contributed by atoms with E-state index < -0.39 is 0 Å². The van der Waals surface area contributed by atoms with E-state index in [4.69, 9.17) is 5.11 Å². The van der Waals surface area contributed by atoms with Crippen molar-refractivity contribution in [2.75, 3.05) is 5.75 Å². The Bertz CT molecular complexity index is 245. The average Bonchev–Trinajstić information content (AvgIpc) is 2.01. The van der Waals surface area contributed by atoms with Crippen LogP contribution in [0.3, 0.4) is 0 Å². The third-order valence-electron chi connectivity index (χ3n) is 1.40. The summed E-state index contributed by atoms with van der Waals surface area (Å²) in [6, 6.07) is 7.39. The molecule has 1 aromatic carbocycles. The molecule has 2 heteroatoms. The van der Waals surface area contributed by atoms with Gasteiger partial charge in [0.15, 0.2) is 0 Å². The fraction of sp³-hybridized carbons (Fsp3) is 0.400. The highest BCUT2D eigenvalue weighted by Gasteiger charge is 1.97. The first-order valence-electron chi connectivity index (χ1n) is 4.10. The summed E-state index contributed by atoms with van der Waals surface area (Å²) < 4.78 is 0. The monoisotopic (exact) mass is 182 g/mol. The zero-order valence-electron chi connectivity index (χ0n) is 7.45. The molecule has 0 aliphatic heterocycles. The topological polar surface area (TPSA) is 20.2 Å². The van der Waals surface area contributed by atoms with Crippen LogP contribution in [0, 0.1) is 5.92 Å². The molecule has 0 saturated heterocycles. The van der Waals surface area contributed by atoms with E-state index in [2.05, 4.69) is 13.8 Å². The van der Waals surface area contributed by atoms with Gasteiger partial charge >= 0.3 is 0 Å². The Balaban J connectivity index is 2.52. The Hall–Kier alpha value is -0.630. The minimum Gasteiger partial charge on any atom is -0.508 e. The van der Waals surface area contributed by atoms with E-state index in [9.17, 15) is 0 Å². The zero-order valence-corrected chi connectivity index (χ0v) is 8.27. The van der Waals surface area contributed by atoms with E-state index in [0.29, 0.717) is 11.7 Å². The molecule has 0 spiro atoms. The number of phenolic OH excluding ortho intramolecular Hbond substituents is 1. The predicted octanol–water partition coefficient (Wildman–Crippen LogP) is 3.14. The summed E-state index contributed by atoms with van der Waals surface area (Å²) in [4.78, 5) is 1.14. The maximum absolute atomic E-state index is 9.16. The summed E-state index contributed by atoms with van der Waals surface area (Å²) in [5.74, 6) is 2.14. The van der Waals surface area contributed by atoms with Gasteiger partial charge in [0.25, 0.3) is 0 Å². The summed E-state index contributed by atoms with van der Waals surface area (Å²) in [5, 5.41) is 9.16. The highest BCUT2D eigenvalue weighted by atomic mass is 32.2. The summed E-state index contributed by atoms with van der Waals surface area (Å²) in [6.45, 7) is 4.38. The summed E-state index contributed by atoms with van der Waals surface area (Å²) in [7, 11) is 0. The summed E-state index contributed by atoms with van der Waals surface area (Å²) in [6.07, 6.45) is 0. The van der Waals surface area contributed by atoms with Crippen molar-refractivity contribution in [3.05, 3.63) is 24.3 Å². The summed E-state index contributed by atoms with van der Waals surface area (Å²) >= 11 is 1.78. The average molecular weight is 182 g/mol. The van der Waals surface area contributed by atoms with Gasteiger partial charge in [-0.1, -0.05) is 19.9 Å². The van der Waals surface area contributed by atoms with Gasteiger partial charge in [0, 0.05) is 10.6 Å². The van der Waals surface area contributed by atoms with Crippen molar-refractivity contribution in [1.82, 2.24) is 0 Å². The van der Waals surface area contributed by atoms with Crippen molar-refractivity contribution in [2.24, 2.45) is 5.92 Å². The second-order valence-corrected chi connectivity index (χ2v) is 4.30. The SMILES string of the molecule is CC(C)CSc1cccc(O)c1. The minimum atomic E-state index is 0.351. The quantitative estimate of drug-likeness (QED) is 0.725. The molecule has 0 heterocycles. The first-order chi connectivity index (χ1) is 5.68. The van der Waals surface area contributed by atoms with Crippen LogP contribution < -0.4 is 0 Å². The first kappa shape index (κ1) is 9.46. The van der Waals surface area contributed by atoms with Crippen molar-refractivity contribution in [3.63, 3.8) is 0 Å². The minimum absolute atomic E-state index is 0.351. The molecule has 0 atom stereocenters. The van der Waals surface area contributed by atoms with Gasteiger partial charge in [-0.15, -0.1) is 11.8 Å². The lowest BCUT2D eigenvalue weighted by Gasteiger charge is -2.04. The number of phenols is 1. The third kappa shape index (κ3) is 3.18. The van der Waals surface area contributed by atoms with Crippen molar-refractivity contribution in [3.8, 4) is 5.75 Å². The lowest BCUT2D eigenvalue weighted by Crippen LogP contribution is -1.89. The van der Waals surface area contributed by atoms with Crippen LogP contribution in [0.2, 0.25) is 0 Å². The summed E-state index contributed by atoms with van der Waals surface area (Å²) in [5.41, 5.74) is 0. The van der Waals surface area contributed by atoms with E-state index in [1.807, 2.05) is 12.1 Å². The van der Waals surface area contributed by atoms with Gasteiger partial charge in [-0.2, -0.15) is 0 Å². The van der Waals surface area contributed by atoms with Crippen LogP contribution in [0.1, 0.15) is 13.8 Å². The van der Waals surface area contributed by atoms with Crippen LogP contribution in [0.4, 0.5) is 0 Å². The van der Waals surface area contributed by atoms with Crippen LogP contribution in [0.15, 0.2) is 29.2 Å². The van der Waals surface area contributed by atoms with E-state index >= 15 is 0 Å². The lowest BCUT2D eigenvalue weighted by atomic mass is 10.3. The predicted molar refractivity (Wildman–Crippen MR) is 53.7 cm³/mol. The number of benzene rings is 1. The van der Waals surface area contributed by atoms with Crippen LogP contribution in [-0.4, -0.2) is 10.9 Å². The number of rotatable bonds is 3. The molecule has 12 heavy (non-hydrogen) atoms. The van der Waals surface area contributed by atoms with Gasteiger partial charge in [-0.25, -0.2) is 0 Å². The van der Waals surface area contributed by atoms with Gasteiger partial charge in [-0.05, 0) is 24.1 Å². The molecule has 0 aliphatic rings. The van der Waals surface area contributed by atoms with E-state index in [1.165, 1.54) is 0 Å². The molecule has 1 aromatic rings. The smallest absolute Gasteiger partial charge is 0.116 e. The maximum atomic E-state index is 9.16. The zero-order chi connectivity index (χ0) is 8.97. The molecule has 1 rings (SSSR count). The molecular formula is C10H14OS. The van der Waals surface area contributed by atoms with Crippen molar-refractivity contribution in [1.29, 1.82) is 0 Å². The molecule has 1 N–H and O–H groups in total. The fourth-order valence-corrected chi connectivity index (χ4v) is 1.74. The third-order valence-corrected chi connectivity index (χ3v) is 2.82. The number of thioether (sulfide) groups is 1. The molecule has 0 radical (unpaired) electrons. The largest absolute Gasteiger partial charge is 0.508 e. The van der Waals surface area contributed by atoms with Gasteiger partial charge in [0.1, 0.15) is 5.75 Å². The highest BCUT2D eigenvalue weighted by Crippen LogP contribution is 2.23. The molecule has 1 nitrogen and oxygen atoms in total. The first-order valence-corrected chi connectivity index (χ1v) is 5.09. The Morgan fingerprint density at radius 3 is 2.75 bits per heavy atom. The van der Waals surface area contributed by atoms with Gasteiger partial charge in [0.05, 0.1) is 0 Å². The molecule has 0 unspecified atom stereocenters. The number of hydrogen-bond donors (Lipinski definition) is 1. The van der Waals surface area contributed by atoms with Crippen LogP contribution in [0.25, 0.3) is 0 Å². The van der Waals surface area contributed by atoms with E-state index in [1.54, 1.807) is 23.9 Å². The molecular weight excluding hydrogens is 168 g/mol. The van der Waals surface area contributed by atoms with Crippen LogP contribution in [-0.2, 0) is 0 Å². The number of hydrogen-bond acceptors (Lipinski definition) is 2. The Morgan fingerprint density at radius 1 is 1.42 bits per heavy atom. The second kappa shape index (κ2) is 4.41. The molecule has 0 aliphatic carbocycles. The van der Waals surface area contributed by atoms with Gasteiger partial charge < -0.3 is 5.11 Å². The molecule has 0 bridgehead atoms. The molecule has 0 amide bonds. The Labute approximate surface area is 77.8 Å². The normalized spacial score (nSPS) is 10.6. The van der Waals surface area contributed by atoms with Crippen molar-refractivity contribution < 1.29 is 5.11 Å². The standard InChI is InChI=1S/C10H14OS/c1-8(2)7-12-10-5-3-4-9(11)6-10/h3-6,8,11H,7H2,1-2H3. The highest BCUT2D eigenvalue weighted by molar-refractivity contribution is 7.99. The van der Waals surface area contributed by atoms with Gasteiger partial charge in [-0.3, -0.25) is 0 Å². The van der Waals surface area contributed by atoms with E-state index in [0.717, 1.165) is 10.6 Å². The Kier molecular flexibility index (Phi) is 3.48. The van der Waals surface area contributed by atoms with Crippen LogP contribution in [0.5, 0.6) is 5.75 Å². The number of aromatic hydroxyl groups is 1. The Morgan fingerprint density at radius 2 is 2.17 bits per heavy atom.